The number of pyridine rings is 1. The summed E-state index contributed by atoms with van der Waals surface area (Å²) in [6.07, 6.45) is 4.03. The monoisotopic (exact) mass is 486 g/mol. The van der Waals surface area contributed by atoms with Gasteiger partial charge in [0.05, 0.1) is 29.5 Å². The van der Waals surface area contributed by atoms with Crippen molar-refractivity contribution in [1.29, 1.82) is 5.41 Å². The number of hydrogen-bond donors (Lipinski definition) is 3. The Bertz CT molecular complexity index is 1060. The van der Waals surface area contributed by atoms with E-state index in [0.717, 1.165) is 4.88 Å². The lowest BCUT2D eigenvalue weighted by molar-refractivity contribution is -0.115. The Morgan fingerprint density at radius 2 is 2.06 bits per heavy atom. The molecule has 10 nitrogen and oxygen atoms in total. The molecule has 3 heterocycles. The molecular weight excluding hydrogens is 456 g/mol. The van der Waals surface area contributed by atoms with Gasteiger partial charge in [-0.2, -0.15) is 0 Å². The second-order valence-electron chi connectivity index (χ2n) is 8.81. The van der Waals surface area contributed by atoms with Crippen LogP contribution < -0.4 is 10.6 Å². The maximum absolute atomic E-state index is 13.0. The molecule has 0 aliphatic carbocycles. The topological polar surface area (TPSA) is 130 Å². The summed E-state index contributed by atoms with van der Waals surface area (Å²) in [6.45, 7) is 7.62. The van der Waals surface area contributed by atoms with Gasteiger partial charge >= 0.3 is 0 Å². The molecule has 1 fully saturated rings. The zero-order valence-electron chi connectivity index (χ0n) is 19.8. The third-order valence-corrected chi connectivity index (χ3v) is 5.93. The molecule has 3 N–H and O–H groups in total. The van der Waals surface area contributed by atoms with E-state index >= 15 is 0 Å². The molecule has 0 unspecified atom stereocenters. The first-order valence-corrected chi connectivity index (χ1v) is 11.7. The molecule has 11 heteroatoms. The van der Waals surface area contributed by atoms with E-state index < -0.39 is 12.2 Å². The van der Waals surface area contributed by atoms with Crippen molar-refractivity contribution < 1.29 is 19.1 Å². The molecule has 0 saturated carbocycles. The fraction of sp³-hybridized carbons (Fsp3) is 0.435. The predicted molar refractivity (Wildman–Crippen MR) is 129 cm³/mol. The van der Waals surface area contributed by atoms with Gasteiger partial charge in [-0.15, -0.1) is 11.3 Å². The van der Waals surface area contributed by atoms with Gasteiger partial charge in [-0.3, -0.25) is 19.9 Å². The molecule has 2 aromatic heterocycles. The minimum absolute atomic E-state index is 0.00621. The van der Waals surface area contributed by atoms with E-state index in [-0.39, 0.29) is 22.6 Å². The molecule has 1 saturated heterocycles. The molecule has 2 aromatic rings. The van der Waals surface area contributed by atoms with E-state index in [0.29, 0.717) is 43.3 Å². The van der Waals surface area contributed by atoms with Gasteiger partial charge in [0.2, 0.25) is 6.41 Å². The number of thiazole rings is 1. The van der Waals surface area contributed by atoms with Gasteiger partial charge in [-0.1, -0.05) is 26.8 Å². The van der Waals surface area contributed by atoms with E-state index in [2.05, 4.69) is 41.4 Å². The maximum Gasteiger partial charge on any atom is 0.274 e. The van der Waals surface area contributed by atoms with Crippen LogP contribution >= 0.6 is 11.3 Å². The zero-order chi connectivity index (χ0) is 24.7. The van der Waals surface area contributed by atoms with E-state index in [4.69, 9.17) is 14.9 Å². The summed E-state index contributed by atoms with van der Waals surface area (Å²) in [5.74, 6) is -0.617. The molecule has 2 amide bonds. The second kappa shape index (κ2) is 11.3. The Morgan fingerprint density at radius 3 is 2.71 bits per heavy atom. The lowest BCUT2D eigenvalue weighted by Gasteiger charge is -2.25. The summed E-state index contributed by atoms with van der Waals surface area (Å²) in [7, 11) is 1.65. The smallest absolute Gasteiger partial charge is 0.274 e. The van der Waals surface area contributed by atoms with Crippen molar-refractivity contribution in [2.75, 3.05) is 26.8 Å². The van der Waals surface area contributed by atoms with Crippen LogP contribution in [0.2, 0.25) is 0 Å². The molecule has 0 aromatic carbocycles. The predicted octanol–water partition coefficient (Wildman–Crippen LogP) is 2.91. The Kier molecular flexibility index (Phi) is 8.48. The van der Waals surface area contributed by atoms with Crippen LogP contribution in [0.1, 0.15) is 48.8 Å². The van der Waals surface area contributed by atoms with Crippen LogP contribution in [0.5, 0.6) is 0 Å². The molecule has 3 rings (SSSR count). The van der Waals surface area contributed by atoms with E-state index in [9.17, 15) is 9.59 Å². The molecule has 1 aliphatic heterocycles. The molecule has 182 valence electrons. The Balaban J connectivity index is 1.73. The van der Waals surface area contributed by atoms with Gasteiger partial charge < -0.3 is 20.1 Å². The van der Waals surface area contributed by atoms with Crippen molar-refractivity contribution >= 4 is 29.5 Å². The Morgan fingerprint density at radius 1 is 1.32 bits per heavy atom. The van der Waals surface area contributed by atoms with Crippen molar-refractivity contribution in [3.05, 3.63) is 46.9 Å². The number of carbonyl (C=O) groups excluding carboxylic acids is 2. The number of carbonyl (C=O) groups is 2. The van der Waals surface area contributed by atoms with Gasteiger partial charge in [0.1, 0.15) is 10.7 Å². The summed E-state index contributed by atoms with van der Waals surface area (Å²) in [6, 6.07) is 5.06. The lowest BCUT2D eigenvalue weighted by Crippen LogP contribution is -2.39. The van der Waals surface area contributed by atoms with Crippen molar-refractivity contribution in [1.82, 2.24) is 25.5 Å². The van der Waals surface area contributed by atoms with E-state index in [1.807, 2.05) is 0 Å². The molecule has 1 aliphatic rings. The molecule has 0 spiro atoms. The number of nitrogens with one attached hydrogen (secondary N) is 3. The Hall–Kier alpha value is -3.15. The van der Waals surface area contributed by atoms with Crippen LogP contribution in [-0.2, 0) is 14.3 Å². The van der Waals surface area contributed by atoms with Gasteiger partial charge in [0.15, 0.2) is 12.1 Å². The number of hydrogen-bond acceptors (Lipinski definition) is 9. The van der Waals surface area contributed by atoms with Gasteiger partial charge in [0.25, 0.3) is 5.91 Å². The highest BCUT2D eigenvalue weighted by Gasteiger charge is 2.23. The molecule has 0 bridgehead atoms. The number of amides is 2. The quantitative estimate of drug-likeness (QED) is 0.282. The molecule has 0 radical (unpaired) electrons. The van der Waals surface area contributed by atoms with Gasteiger partial charge in [-0.25, -0.2) is 9.97 Å². The lowest BCUT2D eigenvalue weighted by atomic mass is 9.92. The average molecular weight is 487 g/mol. The number of ether oxygens (including phenoxy) is 2. The molecule has 34 heavy (non-hydrogen) atoms. The second-order valence-corrected chi connectivity index (χ2v) is 9.87. The number of amidine groups is 1. The van der Waals surface area contributed by atoms with Crippen LogP contribution in [0.25, 0.3) is 10.7 Å². The SMILES string of the molecule is CN/C=C(/NC(=O)c1cccc(-c2ncc(C3OCCO3)s2)n1)C(=N)N(C=O)CCC(C)(C)C. The van der Waals surface area contributed by atoms with Crippen molar-refractivity contribution in [3.63, 3.8) is 0 Å². The first kappa shape index (κ1) is 25.5. The highest BCUT2D eigenvalue weighted by atomic mass is 32.1. The van der Waals surface area contributed by atoms with Crippen LogP contribution in [0.4, 0.5) is 0 Å². The minimum atomic E-state index is -0.506. The third kappa shape index (κ3) is 6.69. The van der Waals surface area contributed by atoms with Gasteiger partial charge in [0, 0.05) is 26.0 Å². The summed E-state index contributed by atoms with van der Waals surface area (Å²) >= 11 is 1.39. The zero-order valence-corrected chi connectivity index (χ0v) is 20.6. The third-order valence-electron chi connectivity index (χ3n) is 4.89. The van der Waals surface area contributed by atoms with Crippen LogP contribution in [-0.4, -0.2) is 59.8 Å². The molecule has 0 atom stereocenters. The van der Waals surface area contributed by atoms with Gasteiger partial charge in [-0.05, 0) is 24.0 Å². The van der Waals surface area contributed by atoms with E-state index in [1.54, 1.807) is 31.4 Å². The Labute approximate surface area is 202 Å². The summed E-state index contributed by atoms with van der Waals surface area (Å²) in [4.78, 5) is 35.5. The van der Waals surface area contributed by atoms with Crippen LogP contribution in [0.3, 0.4) is 0 Å². The molecular formula is C23H30N6O4S. The normalized spacial score (nSPS) is 14.6. The van der Waals surface area contributed by atoms with Crippen LogP contribution in [0.15, 0.2) is 36.3 Å². The first-order chi connectivity index (χ1) is 16.2. The highest BCUT2D eigenvalue weighted by Crippen LogP contribution is 2.32. The number of nitrogens with zero attached hydrogens (tertiary/aromatic N) is 3. The maximum atomic E-state index is 13.0. The summed E-state index contributed by atoms with van der Waals surface area (Å²) in [5, 5.41) is 14.6. The van der Waals surface area contributed by atoms with Crippen molar-refractivity contribution in [3.8, 4) is 10.7 Å². The van der Waals surface area contributed by atoms with Crippen molar-refractivity contribution in [2.24, 2.45) is 5.41 Å². The number of aromatic nitrogens is 2. The largest absolute Gasteiger partial charge is 0.392 e. The minimum Gasteiger partial charge on any atom is -0.392 e. The van der Waals surface area contributed by atoms with Crippen LogP contribution in [0, 0.1) is 10.8 Å². The van der Waals surface area contributed by atoms with E-state index in [1.165, 1.54) is 22.4 Å². The standard InChI is InChI=1S/C23H30N6O4S/c1-23(2,3)8-9-29(14-30)19(24)17(12-25-4)28-20(31)15-6-5-7-16(27-15)21-26-13-18(34-21)22-32-10-11-33-22/h5-7,12-14,22,24-25H,8-11H2,1-4H3,(H,28,31)/b17-12+,24-19?. The fourth-order valence-electron chi connectivity index (χ4n) is 3.04. The summed E-state index contributed by atoms with van der Waals surface area (Å²) < 4.78 is 11.0. The summed E-state index contributed by atoms with van der Waals surface area (Å²) in [5.41, 5.74) is 0.849. The fourth-order valence-corrected chi connectivity index (χ4v) is 3.92. The number of rotatable bonds is 9. The first-order valence-electron chi connectivity index (χ1n) is 10.9. The highest BCUT2D eigenvalue weighted by molar-refractivity contribution is 7.15. The van der Waals surface area contributed by atoms with Crippen molar-refractivity contribution in [2.45, 2.75) is 33.5 Å². The average Bonchev–Trinajstić information content (AvgIpc) is 3.50.